The molecule has 2 aliphatic rings. The van der Waals surface area contributed by atoms with E-state index in [0.717, 1.165) is 65.7 Å². The van der Waals surface area contributed by atoms with E-state index >= 15 is 0 Å². The monoisotopic (exact) mass is 488 g/mol. The topological polar surface area (TPSA) is 88.2 Å². The predicted octanol–water partition coefficient (Wildman–Crippen LogP) is 4.31. The molecule has 190 valence electrons. The molecule has 5 rings (SSSR count). The molecule has 0 saturated carbocycles. The molecule has 0 radical (unpaired) electrons. The molecule has 4 N–H and O–H groups in total. The van der Waals surface area contributed by atoms with Gasteiger partial charge in [-0.1, -0.05) is 66.7 Å². The average molecular weight is 489 g/mol. The van der Waals surface area contributed by atoms with Crippen molar-refractivity contribution in [2.45, 2.75) is 57.0 Å². The van der Waals surface area contributed by atoms with Crippen molar-refractivity contribution in [1.82, 2.24) is 4.90 Å². The van der Waals surface area contributed by atoms with Gasteiger partial charge in [0.1, 0.15) is 0 Å². The number of aliphatic hydroxyl groups excluding tert-OH is 2. The Bertz CT molecular complexity index is 1120. The van der Waals surface area contributed by atoms with Crippen LogP contribution < -0.4 is 5.73 Å². The Morgan fingerprint density at radius 3 is 2.36 bits per heavy atom. The second kappa shape index (κ2) is 11.6. The summed E-state index contributed by atoms with van der Waals surface area (Å²) in [6, 6.07) is 24.8. The third kappa shape index (κ3) is 5.70. The van der Waals surface area contributed by atoms with Gasteiger partial charge in [0, 0.05) is 31.1 Å². The SMILES string of the molecule is NCc1cccc(-c2ccc([C@H]3O[C@@H](CN4CCC[C@H]4CO)C[C@@H](c4ccc(CO)cc4)O3)cc2)c1. The lowest BCUT2D eigenvalue weighted by Crippen LogP contribution is -2.42. The Morgan fingerprint density at radius 1 is 0.861 bits per heavy atom. The molecule has 2 heterocycles. The zero-order valence-corrected chi connectivity index (χ0v) is 20.6. The number of likely N-dealkylation sites (tertiary alicyclic amines) is 1. The molecule has 0 amide bonds. The number of rotatable bonds is 8. The van der Waals surface area contributed by atoms with Gasteiger partial charge in [-0.3, -0.25) is 4.90 Å². The minimum atomic E-state index is -0.481. The van der Waals surface area contributed by atoms with Gasteiger partial charge >= 0.3 is 0 Å². The van der Waals surface area contributed by atoms with Crippen molar-refractivity contribution in [3.8, 4) is 11.1 Å². The molecule has 2 saturated heterocycles. The zero-order chi connectivity index (χ0) is 24.9. The van der Waals surface area contributed by atoms with Crippen molar-refractivity contribution in [2.24, 2.45) is 5.73 Å². The second-order valence-electron chi connectivity index (χ2n) is 9.85. The van der Waals surface area contributed by atoms with Crippen LogP contribution in [-0.2, 0) is 22.6 Å². The first kappa shape index (κ1) is 25.1. The summed E-state index contributed by atoms with van der Waals surface area (Å²) in [5.41, 5.74) is 12.1. The summed E-state index contributed by atoms with van der Waals surface area (Å²) < 4.78 is 13.0. The van der Waals surface area contributed by atoms with Crippen LogP contribution in [0.25, 0.3) is 11.1 Å². The number of hydrogen-bond donors (Lipinski definition) is 3. The number of nitrogens with zero attached hydrogens (tertiary/aromatic N) is 1. The number of hydrogen-bond acceptors (Lipinski definition) is 6. The highest BCUT2D eigenvalue weighted by Crippen LogP contribution is 2.39. The molecule has 0 unspecified atom stereocenters. The van der Waals surface area contributed by atoms with Crippen molar-refractivity contribution in [1.29, 1.82) is 0 Å². The Morgan fingerprint density at radius 2 is 1.64 bits per heavy atom. The van der Waals surface area contributed by atoms with Gasteiger partial charge < -0.3 is 25.4 Å². The van der Waals surface area contributed by atoms with Crippen LogP contribution in [-0.4, -0.2) is 47.0 Å². The Labute approximate surface area is 213 Å². The van der Waals surface area contributed by atoms with Gasteiger partial charge in [0.05, 0.1) is 25.4 Å². The van der Waals surface area contributed by atoms with Gasteiger partial charge in [0.25, 0.3) is 0 Å². The standard InChI is InChI=1S/C30H36N2O4/c31-17-22-3-1-4-26(15-22)23-10-12-25(13-11-23)30-35-28(18-32-14-2-5-27(32)20-34)16-29(36-30)24-8-6-21(19-33)7-9-24/h1,3-4,6-13,15,27-30,33-34H,2,5,14,16-20,31H2/t27-,28+,29-,30-/m0/s1. The summed E-state index contributed by atoms with van der Waals surface area (Å²) >= 11 is 0. The van der Waals surface area contributed by atoms with Crippen LogP contribution in [0.5, 0.6) is 0 Å². The number of nitrogens with two attached hydrogens (primary N) is 1. The quantitative estimate of drug-likeness (QED) is 0.438. The maximum Gasteiger partial charge on any atom is 0.184 e. The van der Waals surface area contributed by atoms with E-state index in [0.29, 0.717) is 6.54 Å². The lowest BCUT2D eigenvalue weighted by Gasteiger charge is -2.38. The van der Waals surface area contributed by atoms with Crippen molar-refractivity contribution in [3.05, 3.63) is 95.1 Å². The van der Waals surface area contributed by atoms with Crippen molar-refractivity contribution in [2.75, 3.05) is 19.7 Å². The van der Waals surface area contributed by atoms with Crippen LogP contribution in [0.15, 0.2) is 72.8 Å². The smallest absolute Gasteiger partial charge is 0.184 e. The third-order valence-electron chi connectivity index (χ3n) is 7.44. The number of ether oxygens (including phenoxy) is 2. The summed E-state index contributed by atoms with van der Waals surface area (Å²) in [5, 5.41) is 19.2. The van der Waals surface area contributed by atoms with Gasteiger partial charge in [-0.05, 0) is 53.3 Å². The molecule has 36 heavy (non-hydrogen) atoms. The third-order valence-corrected chi connectivity index (χ3v) is 7.44. The molecule has 6 nitrogen and oxygen atoms in total. The number of aliphatic hydroxyl groups is 2. The molecule has 2 fully saturated rings. The zero-order valence-electron chi connectivity index (χ0n) is 20.6. The summed E-state index contributed by atoms with van der Waals surface area (Å²) in [6.07, 6.45) is 2.27. The highest BCUT2D eigenvalue weighted by atomic mass is 16.7. The van der Waals surface area contributed by atoms with Gasteiger partial charge in [0.2, 0.25) is 0 Å². The molecule has 4 atom stereocenters. The van der Waals surface area contributed by atoms with Crippen molar-refractivity contribution >= 4 is 0 Å². The minimum Gasteiger partial charge on any atom is -0.395 e. The average Bonchev–Trinajstić information content (AvgIpc) is 3.40. The molecule has 0 spiro atoms. The Hall–Kier alpha value is -2.58. The fourth-order valence-corrected chi connectivity index (χ4v) is 5.35. The molecule has 0 bridgehead atoms. The largest absolute Gasteiger partial charge is 0.395 e. The summed E-state index contributed by atoms with van der Waals surface area (Å²) in [5.74, 6) is 0. The van der Waals surface area contributed by atoms with Crippen LogP contribution >= 0.6 is 0 Å². The van der Waals surface area contributed by atoms with Crippen LogP contribution in [0.3, 0.4) is 0 Å². The maximum atomic E-state index is 9.79. The second-order valence-corrected chi connectivity index (χ2v) is 9.85. The lowest BCUT2D eigenvalue weighted by molar-refractivity contribution is -0.253. The van der Waals surface area contributed by atoms with E-state index in [1.165, 1.54) is 0 Å². The Kier molecular flexibility index (Phi) is 8.12. The molecule has 0 aliphatic carbocycles. The van der Waals surface area contributed by atoms with Crippen LogP contribution in [0.2, 0.25) is 0 Å². The van der Waals surface area contributed by atoms with E-state index in [9.17, 15) is 10.2 Å². The van der Waals surface area contributed by atoms with Crippen molar-refractivity contribution < 1.29 is 19.7 Å². The molecular formula is C30H36N2O4. The first-order valence-electron chi connectivity index (χ1n) is 12.9. The summed E-state index contributed by atoms with van der Waals surface area (Å²) in [7, 11) is 0. The molecular weight excluding hydrogens is 452 g/mol. The summed E-state index contributed by atoms with van der Waals surface area (Å²) in [6.45, 7) is 2.50. The van der Waals surface area contributed by atoms with Gasteiger partial charge in [-0.15, -0.1) is 0 Å². The molecule has 3 aromatic carbocycles. The first-order valence-corrected chi connectivity index (χ1v) is 12.9. The van der Waals surface area contributed by atoms with Gasteiger partial charge in [0.15, 0.2) is 6.29 Å². The highest BCUT2D eigenvalue weighted by molar-refractivity contribution is 5.64. The fourth-order valence-electron chi connectivity index (χ4n) is 5.35. The molecule has 6 heteroatoms. The van der Waals surface area contributed by atoms with E-state index in [1.54, 1.807) is 0 Å². The fraction of sp³-hybridized carbons (Fsp3) is 0.400. The maximum absolute atomic E-state index is 9.79. The van der Waals surface area contributed by atoms with Crippen molar-refractivity contribution in [3.63, 3.8) is 0 Å². The normalized spacial score (nSPS) is 24.8. The first-order chi connectivity index (χ1) is 17.7. The van der Waals surface area contributed by atoms with E-state index in [2.05, 4.69) is 41.3 Å². The highest BCUT2D eigenvalue weighted by Gasteiger charge is 2.35. The van der Waals surface area contributed by atoms with E-state index in [-0.39, 0.29) is 31.5 Å². The van der Waals surface area contributed by atoms with Crippen LogP contribution in [0.4, 0.5) is 0 Å². The predicted molar refractivity (Wildman–Crippen MR) is 140 cm³/mol. The minimum absolute atomic E-state index is 0.0145. The molecule has 2 aliphatic heterocycles. The Balaban J connectivity index is 1.37. The molecule has 0 aromatic heterocycles. The van der Waals surface area contributed by atoms with Gasteiger partial charge in [-0.2, -0.15) is 0 Å². The molecule has 3 aromatic rings. The van der Waals surface area contributed by atoms with Crippen LogP contribution in [0.1, 0.15) is 53.9 Å². The van der Waals surface area contributed by atoms with E-state index < -0.39 is 6.29 Å². The summed E-state index contributed by atoms with van der Waals surface area (Å²) in [4.78, 5) is 2.35. The lowest BCUT2D eigenvalue weighted by atomic mass is 9.99. The van der Waals surface area contributed by atoms with Crippen LogP contribution in [0, 0.1) is 0 Å². The number of benzene rings is 3. The van der Waals surface area contributed by atoms with E-state index in [4.69, 9.17) is 15.2 Å². The van der Waals surface area contributed by atoms with Gasteiger partial charge in [-0.25, -0.2) is 0 Å². The van der Waals surface area contributed by atoms with E-state index in [1.807, 2.05) is 36.4 Å².